The van der Waals surface area contributed by atoms with Crippen LogP contribution in [0.4, 0.5) is 5.69 Å². The highest BCUT2D eigenvalue weighted by atomic mass is 16.5. The van der Waals surface area contributed by atoms with E-state index in [1.807, 2.05) is 0 Å². The van der Waals surface area contributed by atoms with Crippen molar-refractivity contribution >= 4 is 11.6 Å². The van der Waals surface area contributed by atoms with Crippen LogP contribution in [-0.2, 0) is 0 Å². The molecule has 2 rings (SSSR count). The largest absolute Gasteiger partial charge is 0.496 e. The van der Waals surface area contributed by atoms with Gasteiger partial charge in [-0.1, -0.05) is 6.42 Å². The molecule has 0 aliphatic carbocycles. The van der Waals surface area contributed by atoms with Crippen LogP contribution in [-0.4, -0.2) is 44.1 Å². The zero-order valence-electron chi connectivity index (χ0n) is 12.0. The standard InChI is InChI=1S/C15H23N3O2/c1-20-14-11-12(16)5-6-13(14)15(19)17-7-10-18-8-3-2-4-9-18/h5-6,11H,2-4,7-10,16H2,1H3,(H,17,19). The molecule has 1 amide bonds. The molecule has 1 heterocycles. The van der Waals surface area contributed by atoms with Gasteiger partial charge in [0.15, 0.2) is 0 Å². The number of benzene rings is 1. The van der Waals surface area contributed by atoms with E-state index in [2.05, 4.69) is 10.2 Å². The lowest BCUT2D eigenvalue weighted by Gasteiger charge is -2.26. The van der Waals surface area contributed by atoms with E-state index in [4.69, 9.17) is 10.5 Å². The van der Waals surface area contributed by atoms with Gasteiger partial charge in [-0.15, -0.1) is 0 Å². The molecule has 1 aliphatic rings. The number of rotatable bonds is 5. The molecule has 0 aromatic heterocycles. The van der Waals surface area contributed by atoms with Crippen molar-refractivity contribution in [1.29, 1.82) is 0 Å². The van der Waals surface area contributed by atoms with Crippen molar-refractivity contribution in [3.63, 3.8) is 0 Å². The minimum Gasteiger partial charge on any atom is -0.496 e. The van der Waals surface area contributed by atoms with Gasteiger partial charge in [0.1, 0.15) is 5.75 Å². The molecular weight excluding hydrogens is 254 g/mol. The van der Waals surface area contributed by atoms with Gasteiger partial charge >= 0.3 is 0 Å². The fraction of sp³-hybridized carbons (Fsp3) is 0.533. The minimum absolute atomic E-state index is 0.112. The Hall–Kier alpha value is -1.75. The Bertz CT molecular complexity index is 456. The fourth-order valence-electron chi connectivity index (χ4n) is 2.50. The molecule has 1 aliphatic heterocycles. The molecule has 0 bridgehead atoms. The number of carbonyl (C=O) groups excluding carboxylic acids is 1. The van der Waals surface area contributed by atoms with Crippen LogP contribution in [0.3, 0.4) is 0 Å². The van der Waals surface area contributed by atoms with Crippen LogP contribution >= 0.6 is 0 Å². The van der Waals surface area contributed by atoms with Gasteiger partial charge < -0.3 is 20.7 Å². The maximum Gasteiger partial charge on any atom is 0.255 e. The molecule has 110 valence electrons. The number of hydrogen-bond donors (Lipinski definition) is 2. The lowest BCUT2D eigenvalue weighted by molar-refractivity contribution is 0.0943. The first-order chi connectivity index (χ1) is 9.70. The van der Waals surface area contributed by atoms with Gasteiger partial charge in [-0.05, 0) is 38.1 Å². The van der Waals surface area contributed by atoms with E-state index in [1.54, 1.807) is 25.3 Å². The maximum atomic E-state index is 12.1. The summed E-state index contributed by atoms with van der Waals surface area (Å²) in [5.41, 5.74) is 6.80. The van der Waals surface area contributed by atoms with Gasteiger partial charge in [0.25, 0.3) is 5.91 Å². The van der Waals surface area contributed by atoms with Crippen molar-refractivity contribution in [2.24, 2.45) is 0 Å². The van der Waals surface area contributed by atoms with Crippen LogP contribution in [0, 0.1) is 0 Å². The van der Waals surface area contributed by atoms with Gasteiger partial charge in [-0.2, -0.15) is 0 Å². The van der Waals surface area contributed by atoms with E-state index in [0.717, 1.165) is 19.6 Å². The highest BCUT2D eigenvalue weighted by Crippen LogP contribution is 2.21. The molecule has 3 N–H and O–H groups in total. The first kappa shape index (κ1) is 14.7. The highest BCUT2D eigenvalue weighted by Gasteiger charge is 2.13. The van der Waals surface area contributed by atoms with Crippen molar-refractivity contribution in [1.82, 2.24) is 10.2 Å². The summed E-state index contributed by atoms with van der Waals surface area (Å²) >= 11 is 0. The summed E-state index contributed by atoms with van der Waals surface area (Å²) in [5.74, 6) is 0.402. The predicted molar refractivity (Wildman–Crippen MR) is 80.0 cm³/mol. The predicted octanol–water partition coefficient (Wildman–Crippen LogP) is 1.49. The molecular formula is C15H23N3O2. The third-order valence-electron chi connectivity index (χ3n) is 3.63. The third kappa shape index (κ3) is 3.87. The topological polar surface area (TPSA) is 67.6 Å². The number of nitrogens with two attached hydrogens (primary N) is 1. The van der Waals surface area contributed by atoms with Crippen molar-refractivity contribution < 1.29 is 9.53 Å². The average molecular weight is 277 g/mol. The van der Waals surface area contributed by atoms with Gasteiger partial charge in [0.2, 0.25) is 0 Å². The summed E-state index contributed by atoms with van der Waals surface area (Å²) in [6.07, 6.45) is 3.85. The van der Waals surface area contributed by atoms with E-state index >= 15 is 0 Å². The number of amides is 1. The second-order valence-electron chi connectivity index (χ2n) is 5.12. The van der Waals surface area contributed by atoms with E-state index in [0.29, 0.717) is 23.5 Å². The summed E-state index contributed by atoms with van der Waals surface area (Å²) in [6.45, 7) is 3.84. The fourth-order valence-corrected chi connectivity index (χ4v) is 2.50. The highest BCUT2D eigenvalue weighted by molar-refractivity contribution is 5.97. The molecule has 5 nitrogen and oxygen atoms in total. The molecule has 0 radical (unpaired) electrons. The second kappa shape index (κ2) is 7.14. The molecule has 0 spiro atoms. The van der Waals surface area contributed by atoms with Crippen LogP contribution in [0.1, 0.15) is 29.6 Å². The molecule has 0 atom stereocenters. The quantitative estimate of drug-likeness (QED) is 0.800. The number of ether oxygens (including phenoxy) is 1. The number of piperidine rings is 1. The van der Waals surface area contributed by atoms with E-state index in [1.165, 1.54) is 19.3 Å². The summed E-state index contributed by atoms with van der Waals surface area (Å²) in [6, 6.07) is 5.08. The average Bonchev–Trinajstić information content (AvgIpc) is 2.48. The van der Waals surface area contributed by atoms with Crippen LogP contribution in [0.15, 0.2) is 18.2 Å². The Labute approximate surface area is 120 Å². The number of nitrogens with one attached hydrogen (secondary N) is 1. The molecule has 1 aromatic rings. The maximum absolute atomic E-state index is 12.1. The normalized spacial score (nSPS) is 15.8. The Morgan fingerprint density at radius 2 is 2.10 bits per heavy atom. The monoisotopic (exact) mass is 277 g/mol. The van der Waals surface area contributed by atoms with Crippen molar-refractivity contribution in [2.75, 3.05) is 39.0 Å². The summed E-state index contributed by atoms with van der Waals surface area (Å²) in [4.78, 5) is 14.5. The van der Waals surface area contributed by atoms with E-state index in [9.17, 15) is 4.79 Å². The molecule has 0 saturated carbocycles. The van der Waals surface area contributed by atoms with E-state index in [-0.39, 0.29) is 5.91 Å². The molecule has 1 fully saturated rings. The van der Waals surface area contributed by atoms with Crippen LogP contribution in [0.5, 0.6) is 5.75 Å². The second-order valence-corrected chi connectivity index (χ2v) is 5.12. The number of methoxy groups -OCH3 is 1. The molecule has 0 unspecified atom stereocenters. The number of nitrogens with zero attached hydrogens (tertiary/aromatic N) is 1. The lowest BCUT2D eigenvalue weighted by Crippen LogP contribution is -2.37. The molecule has 1 aromatic carbocycles. The number of likely N-dealkylation sites (tertiary alicyclic amines) is 1. The van der Waals surface area contributed by atoms with Crippen LogP contribution in [0.2, 0.25) is 0 Å². The van der Waals surface area contributed by atoms with Gasteiger partial charge in [-0.3, -0.25) is 4.79 Å². The van der Waals surface area contributed by atoms with E-state index < -0.39 is 0 Å². The first-order valence-corrected chi connectivity index (χ1v) is 7.15. The lowest BCUT2D eigenvalue weighted by atomic mass is 10.1. The number of carbonyl (C=O) groups is 1. The van der Waals surface area contributed by atoms with Crippen molar-refractivity contribution in [2.45, 2.75) is 19.3 Å². The van der Waals surface area contributed by atoms with Gasteiger partial charge in [0, 0.05) is 24.8 Å². The summed E-state index contributed by atoms with van der Waals surface area (Å²) in [7, 11) is 1.54. The van der Waals surface area contributed by atoms with Crippen molar-refractivity contribution in [3.05, 3.63) is 23.8 Å². The zero-order chi connectivity index (χ0) is 14.4. The molecule has 1 saturated heterocycles. The smallest absolute Gasteiger partial charge is 0.255 e. The summed E-state index contributed by atoms with van der Waals surface area (Å²) in [5, 5.41) is 2.94. The Morgan fingerprint density at radius 3 is 2.80 bits per heavy atom. The number of nitrogen functional groups attached to an aromatic ring is 1. The number of hydrogen-bond acceptors (Lipinski definition) is 4. The first-order valence-electron chi connectivity index (χ1n) is 7.15. The van der Waals surface area contributed by atoms with Gasteiger partial charge in [-0.25, -0.2) is 0 Å². The van der Waals surface area contributed by atoms with Crippen molar-refractivity contribution in [3.8, 4) is 5.75 Å². The Balaban J connectivity index is 1.85. The van der Waals surface area contributed by atoms with Crippen LogP contribution in [0.25, 0.3) is 0 Å². The molecule has 5 heteroatoms. The van der Waals surface area contributed by atoms with Crippen LogP contribution < -0.4 is 15.8 Å². The Kier molecular flexibility index (Phi) is 5.24. The molecule has 20 heavy (non-hydrogen) atoms. The summed E-state index contributed by atoms with van der Waals surface area (Å²) < 4.78 is 5.19. The zero-order valence-corrected chi connectivity index (χ0v) is 12.0. The SMILES string of the molecule is COc1cc(N)ccc1C(=O)NCCN1CCCCC1. The third-order valence-corrected chi connectivity index (χ3v) is 3.63. The number of anilines is 1. The minimum atomic E-state index is -0.112. The van der Waals surface area contributed by atoms with Gasteiger partial charge in [0.05, 0.1) is 12.7 Å². The Morgan fingerprint density at radius 1 is 1.35 bits per heavy atom.